The summed E-state index contributed by atoms with van der Waals surface area (Å²) in [5.74, 6) is -0.302. The van der Waals surface area contributed by atoms with Crippen LogP contribution >= 0.6 is 11.8 Å². The Hall–Kier alpha value is -4.74. The SMILES string of the molecule is C=CCOC(=O)C1=C(C)NC(SCC(=O)c2ccc(C)cc2)=C(C#N)C1c1ccc(OCc2ccccc2)c(OC)c1. The first kappa shape index (κ1) is 30.2. The van der Waals surface area contributed by atoms with E-state index in [1.165, 1.54) is 24.9 Å². The predicted octanol–water partition coefficient (Wildman–Crippen LogP) is 6.62. The molecule has 1 N–H and O–H groups in total. The molecule has 1 aliphatic heterocycles. The summed E-state index contributed by atoms with van der Waals surface area (Å²) < 4.78 is 17.1. The molecule has 42 heavy (non-hydrogen) atoms. The molecule has 1 aliphatic rings. The van der Waals surface area contributed by atoms with E-state index in [9.17, 15) is 14.9 Å². The van der Waals surface area contributed by atoms with Crippen molar-refractivity contribution < 1.29 is 23.8 Å². The summed E-state index contributed by atoms with van der Waals surface area (Å²) in [5.41, 5.74) is 4.43. The van der Waals surface area contributed by atoms with Gasteiger partial charge in [0.15, 0.2) is 17.3 Å². The maximum atomic E-state index is 13.3. The standard InChI is InChI=1S/C34H32N2O5S/c1-5-17-40-34(38)31-23(3)36-33(42-21-28(37)25-13-11-22(2)12-14-25)27(19-35)32(31)26-15-16-29(30(18-26)39-4)41-20-24-9-7-6-8-10-24/h5-16,18,32,36H,1,17,20-21H2,2-4H3. The minimum absolute atomic E-state index is 0.0240. The number of thioether (sulfide) groups is 1. The Morgan fingerprint density at radius 3 is 2.45 bits per heavy atom. The van der Waals surface area contributed by atoms with Crippen molar-refractivity contribution in [2.75, 3.05) is 19.5 Å². The third-order valence-corrected chi connectivity index (χ3v) is 7.70. The Kier molecular flexibility index (Phi) is 10.2. The average Bonchev–Trinajstić information content (AvgIpc) is 3.01. The third-order valence-electron chi connectivity index (χ3n) is 6.68. The summed E-state index contributed by atoms with van der Waals surface area (Å²) in [6.45, 7) is 7.71. The van der Waals surface area contributed by atoms with Gasteiger partial charge in [-0.05, 0) is 37.1 Å². The molecule has 1 unspecified atom stereocenters. The Morgan fingerprint density at radius 2 is 1.79 bits per heavy atom. The minimum atomic E-state index is -0.761. The van der Waals surface area contributed by atoms with Crippen LogP contribution in [0.3, 0.4) is 0 Å². The fourth-order valence-corrected chi connectivity index (χ4v) is 5.51. The van der Waals surface area contributed by atoms with Crippen molar-refractivity contribution in [2.45, 2.75) is 26.4 Å². The number of aryl methyl sites for hydroxylation is 1. The van der Waals surface area contributed by atoms with E-state index in [-0.39, 0.29) is 18.1 Å². The van der Waals surface area contributed by atoms with Gasteiger partial charge in [0, 0.05) is 11.3 Å². The molecule has 0 amide bonds. The number of esters is 1. The van der Waals surface area contributed by atoms with E-state index in [0.717, 1.165) is 11.1 Å². The first-order valence-electron chi connectivity index (χ1n) is 13.3. The van der Waals surface area contributed by atoms with Crippen LogP contribution in [0.5, 0.6) is 11.5 Å². The zero-order valence-electron chi connectivity index (χ0n) is 23.8. The molecule has 0 bridgehead atoms. The number of nitrogens with one attached hydrogen (secondary N) is 1. The number of hydrogen-bond donors (Lipinski definition) is 1. The largest absolute Gasteiger partial charge is 0.493 e. The maximum Gasteiger partial charge on any atom is 0.337 e. The number of benzene rings is 3. The zero-order valence-corrected chi connectivity index (χ0v) is 24.6. The number of ether oxygens (including phenoxy) is 3. The van der Waals surface area contributed by atoms with Crippen molar-refractivity contribution in [1.29, 1.82) is 5.26 Å². The average molecular weight is 581 g/mol. The first-order chi connectivity index (χ1) is 20.4. The molecule has 1 atom stereocenters. The van der Waals surface area contributed by atoms with Gasteiger partial charge >= 0.3 is 5.97 Å². The Morgan fingerprint density at radius 1 is 1.05 bits per heavy atom. The Labute approximate surface area is 250 Å². The molecule has 1 heterocycles. The molecule has 3 aromatic rings. The van der Waals surface area contributed by atoms with Crippen molar-refractivity contribution in [3.8, 4) is 17.6 Å². The van der Waals surface area contributed by atoms with E-state index in [1.54, 1.807) is 31.2 Å². The highest BCUT2D eigenvalue weighted by Crippen LogP contribution is 2.43. The number of carbonyl (C=O) groups is 2. The van der Waals surface area contributed by atoms with Crippen LogP contribution in [0, 0.1) is 18.3 Å². The van der Waals surface area contributed by atoms with Crippen LogP contribution in [0.15, 0.2) is 107 Å². The lowest BCUT2D eigenvalue weighted by Gasteiger charge is -2.29. The molecule has 3 aromatic carbocycles. The number of ketones is 1. The zero-order chi connectivity index (χ0) is 30.1. The van der Waals surface area contributed by atoms with Gasteiger partial charge in [-0.3, -0.25) is 4.79 Å². The van der Waals surface area contributed by atoms with Gasteiger partial charge in [-0.25, -0.2) is 4.79 Å². The number of rotatable bonds is 12. The number of hydrogen-bond acceptors (Lipinski definition) is 8. The third kappa shape index (κ3) is 7.12. The maximum absolute atomic E-state index is 13.3. The number of allylic oxidation sites excluding steroid dienone is 2. The molecule has 0 aromatic heterocycles. The second-order valence-electron chi connectivity index (χ2n) is 9.60. The quantitative estimate of drug-likeness (QED) is 0.145. The lowest BCUT2D eigenvalue weighted by molar-refractivity contribution is -0.138. The number of dihydropyridines is 1. The fraction of sp³-hybridized carbons (Fsp3) is 0.206. The molecule has 0 saturated carbocycles. The van der Waals surface area contributed by atoms with E-state index in [2.05, 4.69) is 18.0 Å². The van der Waals surface area contributed by atoms with E-state index in [1.807, 2.05) is 55.5 Å². The first-order valence-corrected chi connectivity index (χ1v) is 14.3. The van der Waals surface area contributed by atoms with Gasteiger partial charge in [-0.15, -0.1) is 0 Å². The normalized spacial score (nSPS) is 14.5. The molecule has 214 valence electrons. The molecule has 4 rings (SSSR count). The van der Waals surface area contributed by atoms with Crippen molar-refractivity contribution in [1.82, 2.24) is 5.32 Å². The minimum Gasteiger partial charge on any atom is -0.493 e. The van der Waals surface area contributed by atoms with Crippen LogP contribution in [0.4, 0.5) is 0 Å². The monoisotopic (exact) mass is 580 g/mol. The summed E-state index contributed by atoms with van der Waals surface area (Å²) in [5, 5.41) is 14.1. The van der Waals surface area contributed by atoms with E-state index >= 15 is 0 Å². The van der Waals surface area contributed by atoms with Gasteiger partial charge in [0.05, 0.1) is 41.0 Å². The van der Waals surface area contributed by atoms with Gasteiger partial charge < -0.3 is 19.5 Å². The lowest BCUT2D eigenvalue weighted by atomic mass is 9.82. The van der Waals surface area contributed by atoms with Crippen molar-refractivity contribution in [2.24, 2.45) is 0 Å². The highest BCUT2D eigenvalue weighted by molar-refractivity contribution is 8.03. The van der Waals surface area contributed by atoms with Gasteiger partial charge in [-0.1, -0.05) is 90.6 Å². The highest BCUT2D eigenvalue weighted by Gasteiger charge is 2.36. The molecule has 0 aliphatic carbocycles. The van der Waals surface area contributed by atoms with Gasteiger partial charge in [0.1, 0.15) is 13.2 Å². The number of carbonyl (C=O) groups excluding carboxylic acids is 2. The molecule has 7 nitrogen and oxygen atoms in total. The number of methoxy groups -OCH3 is 1. The number of nitrogens with zero attached hydrogens (tertiary/aromatic N) is 1. The van der Waals surface area contributed by atoms with E-state index in [4.69, 9.17) is 14.2 Å². The second-order valence-corrected chi connectivity index (χ2v) is 10.6. The number of nitriles is 1. The van der Waals surface area contributed by atoms with Crippen LogP contribution in [-0.2, 0) is 16.1 Å². The summed E-state index contributed by atoms with van der Waals surface area (Å²) in [6.07, 6.45) is 1.49. The summed E-state index contributed by atoms with van der Waals surface area (Å²) in [4.78, 5) is 26.2. The highest BCUT2D eigenvalue weighted by atomic mass is 32.2. The topological polar surface area (TPSA) is 97.7 Å². The molecule has 0 radical (unpaired) electrons. The van der Waals surface area contributed by atoms with Crippen molar-refractivity contribution in [3.63, 3.8) is 0 Å². The van der Waals surface area contributed by atoms with Crippen molar-refractivity contribution >= 4 is 23.5 Å². The van der Waals surface area contributed by atoms with Crippen molar-refractivity contribution in [3.05, 3.63) is 130 Å². The molecule has 8 heteroatoms. The van der Waals surface area contributed by atoms with Crippen LogP contribution in [0.25, 0.3) is 0 Å². The Balaban J connectivity index is 1.68. The molecule has 0 fully saturated rings. The summed E-state index contributed by atoms with van der Waals surface area (Å²) in [7, 11) is 1.54. The molecular formula is C34H32N2O5S. The molecule has 0 saturated heterocycles. The molecular weight excluding hydrogens is 548 g/mol. The van der Waals surface area contributed by atoms with Gasteiger partial charge in [0.25, 0.3) is 0 Å². The van der Waals surface area contributed by atoms with E-state index < -0.39 is 11.9 Å². The predicted molar refractivity (Wildman–Crippen MR) is 164 cm³/mol. The summed E-state index contributed by atoms with van der Waals surface area (Å²) >= 11 is 1.23. The number of Topliss-reactive ketones (excluding diaryl/α,β-unsaturated/α-hetero) is 1. The smallest absolute Gasteiger partial charge is 0.337 e. The van der Waals surface area contributed by atoms with Gasteiger partial charge in [0.2, 0.25) is 0 Å². The van der Waals surface area contributed by atoms with Crippen LogP contribution in [0.2, 0.25) is 0 Å². The van der Waals surface area contributed by atoms with Crippen LogP contribution in [-0.4, -0.2) is 31.2 Å². The fourth-order valence-electron chi connectivity index (χ4n) is 4.52. The molecule has 0 spiro atoms. The van der Waals surface area contributed by atoms with Gasteiger partial charge in [-0.2, -0.15) is 5.26 Å². The lowest BCUT2D eigenvalue weighted by Crippen LogP contribution is -2.29. The van der Waals surface area contributed by atoms with Crippen LogP contribution < -0.4 is 14.8 Å². The Bertz CT molecular complexity index is 1570. The van der Waals surface area contributed by atoms with E-state index in [0.29, 0.717) is 51.1 Å². The summed E-state index contributed by atoms with van der Waals surface area (Å²) in [6, 6.07) is 24.8. The van der Waals surface area contributed by atoms with Crippen LogP contribution in [0.1, 0.15) is 39.9 Å². The second kappa shape index (κ2) is 14.2.